The van der Waals surface area contributed by atoms with Gasteiger partial charge in [0.15, 0.2) is 0 Å². The first-order chi connectivity index (χ1) is 11.8. The van der Waals surface area contributed by atoms with E-state index < -0.39 is 0 Å². The molecule has 0 N–H and O–H groups in total. The molecule has 0 aliphatic heterocycles. The van der Waals surface area contributed by atoms with Crippen molar-refractivity contribution < 1.29 is 0 Å². The van der Waals surface area contributed by atoms with Crippen LogP contribution in [0.5, 0.6) is 0 Å². The van der Waals surface area contributed by atoms with Gasteiger partial charge in [0, 0.05) is 16.5 Å². The highest BCUT2D eigenvalue weighted by molar-refractivity contribution is 6.34. The fourth-order valence-electron chi connectivity index (χ4n) is 3.76. The minimum Gasteiger partial charge on any atom is -0.309 e. The van der Waals surface area contributed by atoms with Gasteiger partial charge in [-0.25, -0.2) is 0 Å². The molecular weight excluding hydrogens is 289 g/mol. The Labute approximate surface area is 141 Å². The number of fused-ring (bicyclic) bond motifs is 5. The molecule has 0 saturated carbocycles. The molecule has 4 aromatic carbocycles. The van der Waals surface area contributed by atoms with Gasteiger partial charge in [-0.1, -0.05) is 66.1 Å². The van der Waals surface area contributed by atoms with Crippen molar-refractivity contribution in [2.75, 3.05) is 0 Å². The van der Waals surface area contributed by atoms with Gasteiger partial charge >= 0.3 is 0 Å². The van der Waals surface area contributed by atoms with E-state index in [1.165, 1.54) is 43.7 Å². The Morgan fingerprint density at radius 3 is 2.25 bits per heavy atom. The van der Waals surface area contributed by atoms with E-state index in [-0.39, 0.29) is 0 Å². The molecule has 112 valence electrons. The Morgan fingerprint density at radius 2 is 1.38 bits per heavy atom. The molecule has 0 bridgehead atoms. The van der Waals surface area contributed by atoms with Gasteiger partial charge < -0.3 is 4.57 Å². The fraction of sp³-hybridized carbons (Fsp3) is 0. The van der Waals surface area contributed by atoms with Gasteiger partial charge in [0.05, 0.1) is 11.0 Å². The van der Waals surface area contributed by atoms with Crippen LogP contribution >= 0.6 is 0 Å². The van der Waals surface area contributed by atoms with Crippen LogP contribution in [0.2, 0.25) is 0 Å². The van der Waals surface area contributed by atoms with Gasteiger partial charge in [-0.2, -0.15) is 0 Å². The maximum absolute atomic E-state index is 2.37. The molecule has 0 spiro atoms. The normalized spacial score (nSPS) is 11.5. The highest BCUT2D eigenvalue weighted by Gasteiger charge is 2.14. The molecule has 0 aliphatic rings. The Kier molecular flexibility index (Phi) is 2.80. The van der Waals surface area contributed by atoms with E-state index in [4.69, 9.17) is 0 Å². The van der Waals surface area contributed by atoms with Crippen LogP contribution in [0.3, 0.4) is 0 Å². The van der Waals surface area contributed by atoms with Crippen LogP contribution in [0.25, 0.3) is 38.3 Å². The molecule has 0 amide bonds. The van der Waals surface area contributed by atoms with Crippen LogP contribution in [0.1, 0.15) is 0 Å². The number of para-hydroxylation sites is 1. The first-order valence-electron chi connectivity index (χ1n) is 8.31. The van der Waals surface area contributed by atoms with Gasteiger partial charge in [-0.15, -0.1) is 0 Å². The predicted octanol–water partition coefficient (Wildman–Crippen LogP) is 4.20. The average molecular weight is 305 g/mol. The lowest BCUT2D eigenvalue weighted by molar-refractivity contribution is 1.18. The van der Waals surface area contributed by atoms with E-state index >= 15 is 0 Å². The standard InChI is InChI=1S/C22H16BN/c23-16-11-13-20-19(14-16)22-18-9-5-4-6-15(18)10-12-21(22)24(20)17-7-2-1-3-8-17/h1-14H,23H2. The summed E-state index contributed by atoms with van der Waals surface area (Å²) in [4.78, 5) is 0. The van der Waals surface area contributed by atoms with Gasteiger partial charge in [0.25, 0.3) is 0 Å². The summed E-state index contributed by atoms with van der Waals surface area (Å²) >= 11 is 0. The lowest BCUT2D eigenvalue weighted by Crippen LogP contribution is -2.00. The molecule has 0 unspecified atom stereocenters. The van der Waals surface area contributed by atoms with Crippen LogP contribution < -0.4 is 5.46 Å². The summed E-state index contributed by atoms with van der Waals surface area (Å²) in [6.07, 6.45) is 0. The van der Waals surface area contributed by atoms with Crippen LogP contribution in [0, 0.1) is 0 Å². The Balaban J connectivity index is 2.07. The molecule has 0 aliphatic carbocycles. The van der Waals surface area contributed by atoms with Crippen molar-refractivity contribution in [2.24, 2.45) is 0 Å². The largest absolute Gasteiger partial charge is 0.309 e. The Bertz CT molecular complexity index is 1200. The summed E-state index contributed by atoms with van der Waals surface area (Å²) in [6.45, 7) is 0. The van der Waals surface area contributed by atoms with E-state index in [1.54, 1.807) is 0 Å². The van der Waals surface area contributed by atoms with Gasteiger partial charge in [-0.05, 0) is 35.0 Å². The number of hydrogen-bond donors (Lipinski definition) is 0. The lowest BCUT2D eigenvalue weighted by atomic mass is 9.94. The second-order valence-electron chi connectivity index (χ2n) is 6.37. The van der Waals surface area contributed by atoms with Crippen LogP contribution in [-0.2, 0) is 0 Å². The maximum atomic E-state index is 2.37. The zero-order valence-corrected chi connectivity index (χ0v) is 13.5. The molecule has 0 fully saturated rings. The third-order valence-electron chi connectivity index (χ3n) is 4.82. The van der Waals surface area contributed by atoms with Gasteiger partial charge in [-0.3, -0.25) is 0 Å². The molecule has 1 aromatic heterocycles. The summed E-state index contributed by atoms with van der Waals surface area (Å²) in [6, 6.07) is 30.5. The molecule has 0 saturated heterocycles. The zero-order chi connectivity index (χ0) is 16.1. The van der Waals surface area contributed by atoms with E-state index in [2.05, 4.69) is 97.3 Å². The average Bonchev–Trinajstić information content (AvgIpc) is 2.96. The first kappa shape index (κ1) is 13.4. The van der Waals surface area contributed by atoms with Crippen molar-refractivity contribution >= 4 is 45.9 Å². The van der Waals surface area contributed by atoms with Crippen molar-refractivity contribution in [1.82, 2.24) is 4.57 Å². The summed E-state index contributed by atoms with van der Waals surface area (Å²) in [5.74, 6) is 0. The minimum absolute atomic E-state index is 1.21. The number of nitrogens with zero attached hydrogens (tertiary/aromatic N) is 1. The van der Waals surface area contributed by atoms with E-state index in [1.807, 2.05) is 0 Å². The highest BCUT2D eigenvalue weighted by Crippen LogP contribution is 2.36. The zero-order valence-electron chi connectivity index (χ0n) is 13.5. The molecule has 1 nitrogen and oxygen atoms in total. The maximum Gasteiger partial charge on any atom is 0.139 e. The minimum atomic E-state index is 1.21. The van der Waals surface area contributed by atoms with Crippen LogP contribution in [0.4, 0.5) is 0 Å². The summed E-state index contributed by atoms with van der Waals surface area (Å²) < 4.78 is 2.37. The Morgan fingerprint density at radius 1 is 0.625 bits per heavy atom. The van der Waals surface area contributed by atoms with Crippen molar-refractivity contribution in [3.8, 4) is 5.69 Å². The summed E-state index contributed by atoms with van der Waals surface area (Å²) in [7, 11) is 2.16. The molecular formula is C22H16BN. The Hall–Kier alpha value is -3.00. The number of aromatic nitrogens is 1. The quantitative estimate of drug-likeness (QED) is 0.409. The van der Waals surface area contributed by atoms with Crippen molar-refractivity contribution in [3.63, 3.8) is 0 Å². The molecule has 2 heteroatoms. The number of hydrogen-bond acceptors (Lipinski definition) is 0. The SMILES string of the molecule is Bc1ccc2c(c1)c1c3ccccc3ccc1n2-c1ccccc1. The molecule has 5 rings (SSSR count). The predicted molar refractivity (Wildman–Crippen MR) is 106 cm³/mol. The first-order valence-corrected chi connectivity index (χ1v) is 8.31. The van der Waals surface area contributed by atoms with E-state index in [9.17, 15) is 0 Å². The molecule has 1 heterocycles. The smallest absolute Gasteiger partial charge is 0.139 e. The summed E-state index contributed by atoms with van der Waals surface area (Å²) in [5.41, 5.74) is 5.03. The summed E-state index contributed by atoms with van der Waals surface area (Å²) in [5, 5.41) is 5.28. The van der Waals surface area contributed by atoms with Crippen LogP contribution in [-0.4, -0.2) is 12.4 Å². The van der Waals surface area contributed by atoms with E-state index in [0.29, 0.717) is 0 Å². The highest BCUT2D eigenvalue weighted by atomic mass is 15.0. The third-order valence-corrected chi connectivity index (χ3v) is 4.82. The topological polar surface area (TPSA) is 4.93 Å². The number of benzene rings is 4. The van der Waals surface area contributed by atoms with Gasteiger partial charge in [0.2, 0.25) is 0 Å². The second-order valence-corrected chi connectivity index (χ2v) is 6.37. The second kappa shape index (κ2) is 5.00. The van der Waals surface area contributed by atoms with Crippen molar-refractivity contribution in [2.45, 2.75) is 0 Å². The number of rotatable bonds is 1. The third kappa shape index (κ3) is 1.83. The van der Waals surface area contributed by atoms with Crippen molar-refractivity contribution in [1.29, 1.82) is 0 Å². The molecule has 5 aromatic rings. The van der Waals surface area contributed by atoms with E-state index in [0.717, 1.165) is 0 Å². The van der Waals surface area contributed by atoms with Crippen molar-refractivity contribution in [3.05, 3.63) is 84.9 Å². The molecule has 0 radical (unpaired) electrons. The lowest BCUT2D eigenvalue weighted by Gasteiger charge is -2.08. The fourth-order valence-corrected chi connectivity index (χ4v) is 3.76. The molecule has 0 atom stereocenters. The molecule has 24 heavy (non-hydrogen) atoms. The van der Waals surface area contributed by atoms with Gasteiger partial charge in [0.1, 0.15) is 7.85 Å². The monoisotopic (exact) mass is 305 g/mol. The van der Waals surface area contributed by atoms with Crippen LogP contribution in [0.15, 0.2) is 84.9 Å².